The second-order valence-electron chi connectivity index (χ2n) is 4.59. The second kappa shape index (κ2) is 7.19. The van der Waals surface area contributed by atoms with Crippen molar-refractivity contribution in [3.05, 3.63) is 52.1 Å². The van der Waals surface area contributed by atoms with Crippen molar-refractivity contribution >= 4 is 33.3 Å². The number of carbonyl (C=O) groups excluding carboxylic acids is 1. The number of nitrogens with one attached hydrogen (secondary N) is 2. The van der Waals surface area contributed by atoms with Gasteiger partial charge in [-0.3, -0.25) is 4.79 Å². The number of benzene rings is 1. The summed E-state index contributed by atoms with van der Waals surface area (Å²) >= 11 is 3.36. The molecular weight excluding hydrogens is 332 g/mol. The molecule has 1 aromatic carbocycles. The molecule has 0 aliphatic heterocycles. The van der Waals surface area contributed by atoms with E-state index in [9.17, 15) is 4.79 Å². The Morgan fingerprint density at radius 3 is 2.62 bits per heavy atom. The number of aromatic nitrogens is 1. The number of amides is 1. The number of nitrogens with zero attached hydrogens (tertiary/aromatic N) is 1. The fourth-order valence-corrected chi connectivity index (χ4v) is 2.18. The summed E-state index contributed by atoms with van der Waals surface area (Å²) in [5.41, 5.74) is 4.60. The van der Waals surface area contributed by atoms with Gasteiger partial charge in [-0.25, -0.2) is 10.8 Å². The molecule has 4 N–H and O–H groups in total. The van der Waals surface area contributed by atoms with E-state index in [4.69, 9.17) is 5.84 Å². The van der Waals surface area contributed by atoms with Gasteiger partial charge in [0.1, 0.15) is 5.82 Å². The van der Waals surface area contributed by atoms with Gasteiger partial charge in [0, 0.05) is 21.4 Å². The molecule has 0 unspecified atom stereocenters. The lowest BCUT2D eigenvalue weighted by Gasteiger charge is -2.09. The van der Waals surface area contributed by atoms with E-state index in [0.717, 1.165) is 28.7 Å². The monoisotopic (exact) mass is 348 g/mol. The van der Waals surface area contributed by atoms with Crippen LogP contribution in [0.1, 0.15) is 29.4 Å². The van der Waals surface area contributed by atoms with Crippen LogP contribution in [-0.4, -0.2) is 10.9 Å². The van der Waals surface area contributed by atoms with Crippen LogP contribution in [-0.2, 0) is 6.42 Å². The third-order valence-corrected chi connectivity index (χ3v) is 3.43. The van der Waals surface area contributed by atoms with E-state index in [1.807, 2.05) is 24.3 Å². The van der Waals surface area contributed by atoms with Gasteiger partial charge in [0.25, 0.3) is 5.91 Å². The Hall–Kier alpha value is -1.92. The van der Waals surface area contributed by atoms with E-state index >= 15 is 0 Å². The van der Waals surface area contributed by atoms with Crippen LogP contribution in [0, 0.1) is 0 Å². The van der Waals surface area contributed by atoms with Crippen molar-refractivity contribution in [3.63, 3.8) is 0 Å². The summed E-state index contributed by atoms with van der Waals surface area (Å²) in [5.74, 6) is 5.71. The number of halogens is 1. The van der Waals surface area contributed by atoms with E-state index in [1.54, 1.807) is 12.1 Å². The minimum Gasteiger partial charge on any atom is -0.322 e. The van der Waals surface area contributed by atoms with E-state index in [2.05, 4.69) is 38.6 Å². The first-order chi connectivity index (χ1) is 10.1. The van der Waals surface area contributed by atoms with Crippen LogP contribution in [0.15, 0.2) is 40.9 Å². The zero-order chi connectivity index (χ0) is 15.2. The van der Waals surface area contributed by atoms with Crippen LogP contribution in [0.5, 0.6) is 0 Å². The summed E-state index contributed by atoms with van der Waals surface area (Å²) in [6.45, 7) is 2.06. The second-order valence-corrected chi connectivity index (χ2v) is 5.50. The van der Waals surface area contributed by atoms with Crippen LogP contribution < -0.4 is 16.6 Å². The molecule has 0 fully saturated rings. The summed E-state index contributed by atoms with van der Waals surface area (Å²) in [6.07, 6.45) is 1.75. The molecule has 0 bridgehead atoms. The highest BCUT2D eigenvalue weighted by Gasteiger charge is 2.10. The van der Waals surface area contributed by atoms with Gasteiger partial charge in [-0.15, -0.1) is 0 Å². The molecule has 6 heteroatoms. The van der Waals surface area contributed by atoms with Crippen molar-refractivity contribution in [1.82, 2.24) is 4.98 Å². The van der Waals surface area contributed by atoms with Crippen molar-refractivity contribution < 1.29 is 4.79 Å². The van der Waals surface area contributed by atoms with Gasteiger partial charge in [-0.2, -0.15) is 0 Å². The first-order valence-electron chi connectivity index (χ1n) is 6.67. The van der Waals surface area contributed by atoms with E-state index in [1.165, 1.54) is 0 Å². The number of hydrogen-bond donors (Lipinski definition) is 3. The Labute approximate surface area is 132 Å². The smallest absolute Gasteiger partial charge is 0.255 e. The average Bonchev–Trinajstić information content (AvgIpc) is 2.49. The summed E-state index contributed by atoms with van der Waals surface area (Å²) in [6, 6.07) is 10.8. The lowest BCUT2D eigenvalue weighted by atomic mass is 10.1. The van der Waals surface area contributed by atoms with Crippen molar-refractivity contribution in [2.75, 3.05) is 10.7 Å². The highest BCUT2D eigenvalue weighted by molar-refractivity contribution is 9.10. The van der Waals surface area contributed by atoms with Crippen LogP contribution in [0.2, 0.25) is 0 Å². The third kappa shape index (κ3) is 4.27. The maximum atomic E-state index is 12.3. The number of hydrazine groups is 1. The number of nitrogen functional groups attached to an aromatic ring is 1. The Bertz CT molecular complexity index is 628. The van der Waals surface area contributed by atoms with Crippen LogP contribution in [0.3, 0.4) is 0 Å². The van der Waals surface area contributed by atoms with E-state index in [-0.39, 0.29) is 5.91 Å². The topological polar surface area (TPSA) is 80.0 Å². The molecule has 0 aliphatic rings. The molecular formula is C15H17BrN4O. The SMILES string of the molecule is CCCc1cc(C(=O)Nc2ccc(Br)cc2)cc(NN)n1. The quantitative estimate of drug-likeness (QED) is 0.571. The molecule has 0 saturated carbocycles. The number of pyridine rings is 1. The van der Waals surface area contributed by atoms with E-state index in [0.29, 0.717) is 11.4 Å². The minimum atomic E-state index is -0.187. The molecule has 2 rings (SSSR count). The number of aryl methyl sites for hydroxylation is 1. The standard InChI is InChI=1S/C15H17BrN4O/c1-2-3-13-8-10(9-14(18-13)20-17)15(21)19-12-6-4-11(16)5-7-12/h4-9H,2-3,17H2,1H3,(H,18,20)(H,19,21). The zero-order valence-electron chi connectivity index (χ0n) is 11.7. The highest BCUT2D eigenvalue weighted by Crippen LogP contribution is 2.17. The fourth-order valence-electron chi connectivity index (χ4n) is 1.91. The van der Waals surface area contributed by atoms with E-state index < -0.39 is 0 Å². The number of hydrogen-bond acceptors (Lipinski definition) is 4. The summed E-state index contributed by atoms with van der Waals surface area (Å²) in [5, 5.41) is 2.85. The Morgan fingerprint density at radius 1 is 1.29 bits per heavy atom. The molecule has 0 spiro atoms. The Balaban J connectivity index is 2.21. The van der Waals surface area contributed by atoms with Crippen molar-refractivity contribution in [1.29, 1.82) is 0 Å². The predicted molar refractivity (Wildman–Crippen MR) is 88.1 cm³/mol. The number of anilines is 2. The molecule has 2 aromatic rings. The molecule has 0 radical (unpaired) electrons. The number of carbonyl (C=O) groups is 1. The molecule has 1 aromatic heterocycles. The fraction of sp³-hybridized carbons (Fsp3) is 0.200. The first-order valence-corrected chi connectivity index (χ1v) is 7.46. The Kier molecular flexibility index (Phi) is 5.30. The van der Waals surface area contributed by atoms with Gasteiger partial charge >= 0.3 is 0 Å². The summed E-state index contributed by atoms with van der Waals surface area (Å²) in [7, 11) is 0. The van der Waals surface area contributed by atoms with Crippen molar-refractivity contribution in [2.45, 2.75) is 19.8 Å². The van der Waals surface area contributed by atoms with Gasteiger partial charge in [-0.1, -0.05) is 29.3 Å². The maximum absolute atomic E-state index is 12.3. The molecule has 0 aliphatic carbocycles. The zero-order valence-corrected chi connectivity index (χ0v) is 13.3. The van der Waals surface area contributed by atoms with Crippen LogP contribution in [0.4, 0.5) is 11.5 Å². The van der Waals surface area contributed by atoms with Crippen molar-refractivity contribution in [3.8, 4) is 0 Å². The highest BCUT2D eigenvalue weighted by atomic mass is 79.9. The molecule has 21 heavy (non-hydrogen) atoms. The van der Waals surface area contributed by atoms with Crippen LogP contribution in [0.25, 0.3) is 0 Å². The lowest BCUT2D eigenvalue weighted by Crippen LogP contribution is -2.15. The normalized spacial score (nSPS) is 10.2. The number of nitrogens with two attached hydrogens (primary N) is 1. The molecule has 0 saturated heterocycles. The van der Waals surface area contributed by atoms with Gasteiger partial charge < -0.3 is 10.7 Å². The average molecular weight is 349 g/mol. The Morgan fingerprint density at radius 2 is 2.00 bits per heavy atom. The van der Waals surface area contributed by atoms with Gasteiger partial charge in [0.05, 0.1) is 0 Å². The molecule has 1 amide bonds. The summed E-state index contributed by atoms with van der Waals surface area (Å²) in [4.78, 5) is 16.6. The largest absolute Gasteiger partial charge is 0.322 e. The molecule has 1 heterocycles. The van der Waals surface area contributed by atoms with Crippen molar-refractivity contribution in [2.24, 2.45) is 5.84 Å². The van der Waals surface area contributed by atoms with Gasteiger partial charge in [0.2, 0.25) is 0 Å². The third-order valence-electron chi connectivity index (χ3n) is 2.90. The lowest BCUT2D eigenvalue weighted by molar-refractivity contribution is 0.102. The van der Waals surface area contributed by atoms with Crippen LogP contribution >= 0.6 is 15.9 Å². The maximum Gasteiger partial charge on any atom is 0.255 e. The summed E-state index contributed by atoms with van der Waals surface area (Å²) < 4.78 is 0.962. The molecule has 110 valence electrons. The van der Waals surface area contributed by atoms with Gasteiger partial charge in [-0.05, 0) is 42.8 Å². The minimum absolute atomic E-state index is 0.187. The molecule has 0 atom stereocenters. The number of rotatable bonds is 5. The molecule has 5 nitrogen and oxygen atoms in total. The van der Waals surface area contributed by atoms with Gasteiger partial charge in [0.15, 0.2) is 0 Å². The predicted octanol–water partition coefficient (Wildman–Crippen LogP) is 3.33. The first kappa shape index (κ1) is 15.5.